The molecule has 5 heterocycles. The molecule has 2 fully saturated rings. The van der Waals surface area contributed by atoms with Gasteiger partial charge >= 0.3 is 12.1 Å². The van der Waals surface area contributed by atoms with Gasteiger partial charge in [-0.25, -0.2) is 19.6 Å². The summed E-state index contributed by atoms with van der Waals surface area (Å²) in [5, 5.41) is 3.08. The number of rotatable bonds is 2. The number of aryl methyl sites for hydroxylation is 2. The molecule has 10 nitrogen and oxygen atoms in total. The molecule has 1 saturated heterocycles. The molecule has 3 aliphatic rings. The second-order valence-electron chi connectivity index (χ2n) is 11.8. The van der Waals surface area contributed by atoms with E-state index in [9.17, 15) is 9.59 Å². The number of piperazine rings is 1. The Hall–Kier alpha value is -3.82. The molecule has 38 heavy (non-hydrogen) atoms. The molecule has 6 rings (SSSR count). The van der Waals surface area contributed by atoms with Crippen molar-refractivity contribution in [2.24, 2.45) is 0 Å². The van der Waals surface area contributed by atoms with E-state index in [-0.39, 0.29) is 17.7 Å². The Morgan fingerprint density at radius 1 is 1.11 bits per heavy atom. The molecule has 0 unspecified atom stereocenters. The molecule has 1 spiro atoms. The van der Waals surface area contributed by atoms with Crippen LogP contribution in [0.15, 0.2) is 30.7 Å². The minimum absolute atomic E-state index is 0.172. The van der Waals surface area contributed by atoms with E-state index in [2.05, 4.69) is 20.2 Å². The van der Waals surface area contributed by atoms with Crippen molar-refractivity contribution < 1.29 is 14.3 Å². The highest BCUT2D eigenvalue weighted by atomic mass is 16.6. The number of nitrogens with one attached hydrogen (secondary N) is 1. The molecule has 0 atom stereocenters. The summed E-state index contributed by atoms with van der Waals surface area (Å²) in [6.45, 7) is 12.3. The minimum Gasteiger partial charge on any atom is -0.444 e. The molecular weight excluding hydrogens is 482 g/mol. The highest BCUT2D eigenvalue weighted by Gasteiger charge is 2.54. The van der Waals surface area contributed by atoms with Crippen LogP contribution in [-0.2, 0) is 11.2 Å². The first-order valence-electron chi connectivity index (χ1n) is 13.3. The molecule has 1 saturated carbocycles. The zero-order chi connectivity index (χ0) is 26.8. The molecule has 0 aromatic carbocycles. The lowest BCUT2D eigenvalue weighted by Gasteiger charge is -2.43. The van der Waals surface area contributed by atoms with Crippen LogP contribution in [-0.4, -0.2) is 68.7 Å². The van der Waals surface area contributed by atoms with Crippen LogP contribution in [0.1, 0.15) is 50.4 Å². The summed E-state index contributed by atoms with van der Waals surface area (Å²) in [4.78, 5) is 41.4. The molecule has 2 aliphatic heterocycles. The van der Waals surface area contributed by atoms with Gasteiger partial charge in [-0.2, -0.15) is 0 Å². The molecular formula is C28H35N7O3. The van der Waals surface area contributed by atoms with Gasteiger partial charge in [-0.1, -0.05) is 0 Å². The normalized spacial score (nSPS) is 18.2. The Morgan fingerprint density at radius 2 is 1.89 bits per heavy atom. The Kier molecular flexibility index (Phi) is 5.55. The molecule has 0 bridgehead atoms. The smallest absolute Gasteiger partial charge is 0.410 e. The van der Waals surface area contributed by atoms with E-state index in [1.165, 1.54) is 0 Å². The maximum atomic E-state index is 13.4. The van der Waals surface area contributed by atoms with Gasteiger partial charge in [0.15, 0.2) is 0 Å². The fraction of sp³-hybridized carbons (Fsp3) is 0.500. The van der Waals surface area contributed by atoms with Gasteiger partial charge < -0.3 is 19.4 Å². The lowest BCUT2D eigenvalue weighted by atomic mass is 10.1. The number of carbonyl (C=O) groups is 2. The van der Waals surface area contributed by atoms with Crippen molar-refractivity contribution in [1.29, 1.82) is 0 Å². The fourth-order valence-corrected chi connectivity index (χ4v) is 5.70. The maximum Gasteiger partial charge on any atom is 0.410 e. The summed E-state index contributed by atoms with van der Waals surface area (Å²) in [7, 11) is 0. The topological polar surface area (TPSA) is 95.3 Å². The van der Waals surface area contributed by atoms with Crippen molar-refractivity contribution >= 4 is 35.0 Å². The Bertz CT molecular complexity index is 1440. The number of fused-ring (bicyclic) bond motifs is 2. The van der Waals surface area contributed by atoms with Gasteiger partial charge in [0.2, 0.25) is 0 Å². The van der Waals surface area contributed by atoms with Crippen LogP contribution in [0.3, 0.4) is 0 Å². The highest BCUT2D eigenvalue weighted by Crippen LogP contribution is 2.47. The van der Waals surface area contributed by atoms with Crippen LogP contribution >= 0.6 is 0 Å². The van der Waals surface area contributed by atoms with E-state index < -0.39 is 5.60 Å². The van der Waals surface area contributed by atoms with E-state index in [1.54, 1.807) is 11.1 Å². The van der Waals surface area contributed by atoms with Crippen LogP contribution in [0.4, 0.5) is 26.8 Å². The Balaban J connectivity index is 1.20. The van der Waals surface area contributed by atoms with Crippen LogP contribution in [0.25, 0.3) is 5.65 Å². The molecule has 3 amide bonds. The largest absolute Gasteiger partial charge is 0.444 e. The predicted octanol–water partition coefficient (Wildman–Crippen LogP) is 4.53. The van der Waals surface area contributed by atoms with Gasteiger partial charge in [0.1, 0.15) is 17.1 Å². The van der Waals surface area contributed by atoms with Gasteiger partial charge in [0.05, 0.1) is 16.9 Å². The summed E-state index contributed by atoms with van der Waals surface area (Å²) in [6.07, 6.45) is 8.10. The molecule has 1 N–H and O–H groups in total. The van der Waals surface area contributed by atoms with Crippen molar-refractivity contribution in [3.05, 3.63) is 47.5 Å². The number of urea groups is 1. The number of hydrogen-bond acceptors (Lipinski definition) is 6. The number of pyridine rings is 2. The molecule has 10 heteroatoms. The van der Waals surface area contributed by atoms with Crippen LogP contribution in [0.2, 0.25) is 0 Å². The number of nitrogens with zero attached hydrogens (tertiary/aromatic N) is 6. The van der Waals surface area contributed by atoms with Crippen molar-refractivity contribution in [3.8, 4) is 0 Å². The summed E-state index contributed by atoms with van der Waals surface area (Å²) >= 11 is 0. The van der Waals surface area contributed by atoms with Crippen LogP contribution < -0.4 is 15.1 Å². The summed E-state index contributed by atoms with van der Waals surface area (Å²) in [5.41, 5.74) is 4.99. The zero-order valence-electron chi connectivity index (χ0n) is 22.7. The van der Waals surface area contributed by atoms with E-state index in [0.717, 1.165) is 59.7 Å². The van der Waals surface area contributed by atoms with Gasteiger partial charge in [-0.15, -0.1) is 0 Å². The summed E-state index contributed by atoms with van der Waals surface area (Å²) in [5.74, 6) is 0.705. The monoisotopic (exact) mass is 517 g/mol. The number of amides is 3. The van der Waals surface area contributed by atoms with Gasteiger partial charge in [0, 0.05) is 56.0 Å². The third-order valence-electron chi connectivity index (χ3n) is 7.69. The second-order valence-corrected chi connectivity index (χ2v) is 11.8. The number of ether oxygens (including phenoxy) is 1. The molecule has 0 radical (unpaired) electrons. The lowest BCUT2D eigenvalue weighted by molar-refractivity contribution is 0.0106. The van der Waals surface area contributed by atoms with Crippen LogP contribution in [0.5, 0.6) is 0 Å². The van der Waals surface area contributed by atoms with Gasteiger partial charge in [-0.3, -0.25) is 9.80 Å². The van der Waals surface area contributed by atoms with Crippen molar-refractivity contribution in [3.63, 3.8) is 0 Å². The van der Waals surface area contributed by atoms with Crippen molar-refractivity contribution in [2.75, 3.05) is 41.3 Å². The van der Waals surface area contributed by atoms with E-state index in [1.807, 2.05) is 68.4 Å². The van der Waals surface area contributed by atoms with Crippen molar-refractivity contribution in [1.82, 2.24) is 19.3 Å². The maximum absolute atomic E-state index is 13.4. The molecule has 200 valence electrons. The van der Waals surface area contributed by atoms with E-state index in [4.69, 9.17) is 4.74 Å². The minimum atomic E-state index is -0.512. The highest BCUT2D eigenvalue weighted by molar-refractivity contribution is 6.03. The number of anilines is 3. The third kappa shape index (κ3) is 4.31. The van der Waals surface area contributed by atoms with Gasteiger partial charge in [0.25, 0.3) is 0 Å². The third-order valence-corrected chi connectivity index (χ3v) is 7.69. The average molecular weight is 518 g/mol. The Morgan fingerprint density at radius 3 is 2.63 bits per heavy atom. The predicted molar refractivity (Wildman–Crippen MR) is 146 cm³/mol. The fourth-order valence-electron chi connectivity index (χ4n) is 5.70. The Labute approximate surface area is 222 Å². The number of carbonyl (C=O) groups excluding carboxylic acids is 2. The van der Waals surface area contributed by atoms with E-state index in [0.29, 0.717) is 25.5 Å². The summed E-state index contributed by atoms with van der Waals surface area (Å²) in [6, 6.07) is 3.82. The van der Waals surface area contributed by atoms with Crippen molar-refractivity contribution in [2.45, 2.75) is 65.0 Å². The summed E-state index contributed by atoms with van der Waals surface area (Å²) < 4.78 is 7.62. The number of aromatic nitrogens is 3. The SMILES string of the molecule is Cc1cn2cc(NC(=O)N3CCc4c(N5CCN(C(=O)OC(C)(C)C)C6(CC6)C5)ccnc43)c(C)cc2n1. The zero-order valence-corrected chi connectivity index (χ0v) is 22.7. The molecule has 1 aliphatic carbocycles. The first kappa shape index (κ1) is 24.5. The molecule has 3 aromatic heterocycles. The molecule has 3 aromatic rings. The number of hydrogen-bond donors (Lipinski definition) is 1. The second kappa shape index (κ2) is 8.61. The average Bonchev–Trinajstić information content (AvgIpc) is 3.29. The first-order valence-corrected chi connectivity index (χ1v) is 13.3. The standard InChI is InChI=1S/C28H35N7O3/c1-18-14-23-30-19(2)15-33(23)16-21(18)31-25(36)34-11-7-20-22(6-10-29-24(20)34)32-12-13-35(28(17-32)8-9-28)26(37)38-27(3,4)5/h6,10,14-16H,7-9,11-13,17H2,1-5H3,(H,31,36). The van der Waals surface area contributed by atoms with E-state index >= 15 is 0 Å². The van der Waals surface area contributed by atoms with Gasteiger partial charge in [-0.05, 0) is 71.6 Å². The lowest BCUT2D eigenvalue weighted by Crippen LogP contribution is -2.58. The number of imidazole rings is 1. The first-order chi connectivity index (χ1) is 18.0. The van der Waals surface area contributed by atoms with Crippen LogP contribution in [0, 0.1) is 13.8 Å². The quantitative estimate of drug-likeness (QED) is 0.537.